The lowest BCUT2D eigenvalue weighted by Crippen LogP contribution is -2.03. The number of carboxylic acids is 1. The molecule has 4 N–H and O–H groups in total. The Morgan fingerprint density at radius 2 is 1.64 bits per heavy atom. The maximum absolute atomic E-state index is 14.6. The smallest absolute Gasteiger partial charge is 0.352 e. The molecule has 0 unspecified atom stereocenters. The molecule has 0 aliphatic carbocycles. The zero-order valence-electron chi connectivity index (χ0n) is 20.8. The summed E-state index contributed by atoms with van der Waals surface area (Å²) >= 11 is 0. The van der Waals surface area contributed by atoms with Crippen LogP contribution in [0.15, 0.2) is 48.8 Å². The molecule has 0 bridgehead atoms. The minimum atomic E-state index is -1.07. The molecule has 0 spiro atoms. The lowest BCUT2D eigenvalue weighted by molar-refractivity contribution is 0.0692. The second kappa shape index (κ2) is 9.22. The van der Waals surface area contributed by atoms with Gasteiger partial charge in [0.25, 0.3) is 0 Å². The molecule has 186 valence electrons. The standard InChI is InChI=1S/C29H30FN3O3/c1-15(2)7-10-36-18-13-21(19-5-8-32-24(19)14-18)26-25(16(3)4)27(33-28(26)29(34)35)22-11-17(30)12-23-20(22)6-9-31-23/h5-6,8-9,11-16,31-33H,7,10H2,1-4H3,(H,34,35). The second-order valence-electron chi connectivity index (χ2n) is 9.96. The molecule has 6 nitrogen and oxygen atoms in total. The lowest BCUT2D eigenvalue weighted by Gasteiger charge is -2.15. The number of benzene rings is 2. The van der Waals surface area contributed by atoms with Gasteiger partial charge in [0.1, 0.15) is 17.3 Å². The number of hydrogen-bond acceptors (Lipinski definition) is 2. The van der Waals surface area contributed by atoms with E-state index in [1.807, 2.05) is 44.3 Å². The van der Waals surface area contributed by atoms with E-state index in [1.165, 1.54) is 12.1 Å². The number of rotatable bonds is 8. The summed E-state index contributed by atoms with van der Waals surface area (Å²) in [6, 6.07) is 10.6. The van der Waals surface area contributed by atoms with Crippen molar-refractivity contribution >= 4 is 27.8 Å². The third-order valence-corrected chi connectivity index (χ3v) is 6.61. The second-order valence-corrected chi connectivity index (χ2v) is 9.96. The van der Waals surface area contributed by atoms with Crippen LogP contribution in [0.25, 0.3) is 44.2 Å². The van der Waals surface area contributed by atoms with Crippen LogP contribution in [0.1, 0.15) is 56.1 Å². The largest absolute Gasteiger partial charge is 0.493 e. The summed E-state index contributed by atoms with van der Waals surface area (Å²) in [4.78, 5) is 22.0. The maximum Gasteiger partial charge on any atom is 0.352 e. The first-order valence-electron chi connectivity index (χ1n) is 12.2. The van der Waals surface area contributed by atoms with Gasteiger partial charge in [-0.1, -0.05) is 27.7 Å². The van der Waals surface area contributed by atoms with Crippen LogP contribution in [0.5, 0.6) is 5.75 Å². The van der Waals surface area contributed by atoms with Crippen molar-refractivity contribution < 1.29 is 19.0 Å². The first-order chi connectivity index (χ1) is 17.2. The van der Waals surface area contributed by atoms with Crippen LogP contribution in [0.4, 0.5) is 4.39 Å². The van der Waals surface area contributed by atoms with Crippen molar-refractivity contribution in [2.45, 2.75) is 40.0 Å². The number of nitrogens with one attached hydrogen (secondary N) is 3. The monoisotopic (exact) mass is 487 g/mol. The number of ether oxygens (including phenoxy) is 1. The van der Waals surface area contributed by atoms with Crippen LogP contribution >= 0.6 is 0 Å². The number of aromatic carboxylic acids is 1. The number of carboxylic acid groups (broad SMARTS) is 1. The predicted molar refractivity (Wildman–Crippen MR) is 141 cm³/mol. The molecule has 0 amide bonds. The molecule has 3 heterocycles. The summed E-state index contributed by atoms with van der Waals surface area (Å²) in [5.74, 6) is -0.330. The van der Waals surface area contributed by atoms with E-state index < -0.39 is 11.8 Å². The summed E-state index contributed by atoms with van der Waals surface area (Å²) in [7, 11) is 0. The molecule has 0 aliphatic heterocycles. The fraction of sp³-hybridized carbons (Fsp3) is 0.276. The SMILES string of the molecule is CC(C)CCOc1cc(-c2c(C(=O)O)[nH]c(-c3cc(F)cc4[nH]ccc34)c2C(C)C)c2cc[nH]c2c1. The minimum Gasteiger partial charge on any atom is -0.493 e. The van der Waals surface area contributed by atoms with Crippen LogP contribution < -0.4 is 4.74 Å². The molecular formula is C29H30FN3O3. The van der Waals surface area contributed by atoms with Gasteiger partial charge < -0.3 is 24.8 Å². The molecule has 36 heavy (non-hydrogen) atoms. The fourth-order valence-corrected chi connectivity index (χ4v) is 4.93. The van der Waals surface area contributed by atoms with Crippen molar-refractivity contribution in [3.05, 3.63) is 65.9 Å². The van der Waals surface area contributed by atoms with Gasteiger partial charge in [-0.25, -0.2) is 9.18 Å². The number of halogens is 1. The van der Waals surface area contributed by atoms with Crippen LogP contribution in [-0.2, 0) is 0 Å². The van der Waals surface area contributed by atoms with Gasteiger partial charge in [-0.2, -0.15) is 0 Å². The Bertz CT molecular complexity index is 1570. The fourth-order valence-electron chi connectivity index (χ4n) is 4.93. The van der Waals surface area contributed by atoms with Crippen molar-refractivity contribution in [2.24, 2.45) is 5.92 Å². The number of hydrogen-bond donors (Lipinski definition) is 4. The van der Waals surface area contributed by atoms with Crippen molar-refractivity contribution in [2.75, 3.05) is 6.61 Å². The van der Waals surface area contributed by atoms with Crippen LogP contribution in [0, 0.1) is 11.7 Å². The Morgan fingerprint density at radius 3 is 2.28 bits per heavy atom. The Balaban J connectivity index is 1.78. The normalized spacial score (nSPS) is 11.9. The van der Waals surface area contributed by atoms with Crippen molar-refractivity contribution in [3.63, 3.8) is 0 Å². The number of carbonyl (C=O) groups is 1. The van der Waals surface area contributed by atoms with Crippen LogP contribution in [0.3, 0.4) is 0 Å². The first-order valence-corrected chi connectivity index (χ1v) is 12.2. The topological polar surface area (TPSA) is 93.9 Å². The predicted octanol–water partition coefficient (Wildman–Crippen LogP) is 7.70. The van der Waals surface area contributed by atoms with Crippen molar-refractivity contribution in [1.82, 2.24) is 15.0 Å². The zero-order valence-corrected chi connectivity index (χ0v) is 20.8. The van der Waals surface area contributed by atoms with E-state index in [2.05, 4.69) is 28.8 Å². The summed E-state index contributed by atoms with van der Waals surface area (Å²) < 4.78 is 20.7. The third-order valence-electron chi connectivity index (χ3n) is 6.61. The molecule has 0 saturated heterocycles. The summed E-state index contributed by atoms with van der Waals surface area (Å²) in [5, 5.41) is 12.0. The van der Waals surface area contributed by atoms with Gasteiger partial charge in [0.15, 0.2) is 0 Å². The Kier molecular flexibility index (Phi) is 6.08. The van der Waals surface area contributed by atoms with Crippen molar-refractivity contribution in [1.29, 1.82) is 0 Å². The summed E-state index contributed by atoms with van der Waals surface area (Å²) in [6.07, 6.45) is 4.51. The zero-order chi connectivity index (χ0) is 25.6. The summed E-state index contributed by atoms with van der Waals surface area (Å²) in [5.41, 5.74) is 5.00. The van der Waals surface area contributed by atoms with E-state index in [0.717, 1.165) is 33.8 Å². The average Bonchev–Trinajstić information content (AvgIpc) is 3.55. The highest BCUT2D eigenvalue weighted by molar-refractivity contribution is 6.07. The molecule has 0 radical (unpaired) electrons. The van der Waals surface area contributed by atoms with E-state index >= 15 is 0 Å². The van der Waals surface area contributed by atoms with Gasteiger partial charge in [-0.3, -0.25) is 0 Å². The van der Waals surface area contributed by atoms with Crippen LogP contribution in [-0.4, -0.2) is 32.6 Å². The molecule has 5 rings (SSSR count). The Labute approximate surface area is 208 Å². The molecule has 7 heteroatoms. The number of aromatic nitrogens is 3. The highest BCUT2D eigenvalue weighted by atomic mass is 19.1. The van der Waals surface area contributed by atoms with Gasteiger partial charge in [-0.05, 0) is 59.7 Å². The summed E-state index contributed by atoms with van der Waals surface area (Å²) in [6.45, 7) is 8.90. The molecule has 2 aromatic carbocycles. The maximum atomic E-state index is 14.6. The van der Waals surface area contributed by atoms with Gasteiger partial charge in [-0.15, -0.1) is 0 Å². The van der Waals surface area contributed by atoms with Crippen LogP contribution in [0.2, 0.25) is 0 Å². The Morgan fingerprint density at radius 1 is 0.972 bits per heavy atom. The molecular weight excluding hydrogens is 457 g/mol. The van der Waals surface area contributed by atoms with E-state index in [4.69, 9.17) is 4.74 Å². The number of fused-ring (bicyclic) bond motifs is 2. The Hall–Kier alpha value is -4.00. The number of H-pyrrole nitrogens is 3. The average molecular weight is 488 g/mol. The molecule has 5 aromatic rings. The van der Waals surface area contributed by atoms with Gasteiger partial charge >= 0.3 is 5.97 Å². The van der Waals surface area contributed by atoms with E-state index in [-0.39, 0.29) is 11.6 Å². The lowest BCUT2D eigenvalue weighted by atomic mass is 9.89. The van der Waals surface area contributed by atoms with Gasteiger partial charge in [0, 0.05) is 51.4 Å². The highest BCUT2D eigenvalue weighted by Crippen LogP contribution is 2.45. The van der Waals surface area contributed by atoms with Crippen molar-refractivity contribution in [3.8, 4) is 28.1 Å². The molecule has 0 aliphatic rings. The number of aromatic amines is 3. The molecule has 0 fully saturated rings. The van der Waals surface area contributed by atoms with E-state index in [9.17, 15) is 14.3 Å². The molecule has 0 saturated carbocycles. The molecule has 3 aromatic heterocycles. The highest BCUT2D eigenvalue weighted by Gasteiger charge is 2.28. The van der Waals surface area contributed by atoms with Gasteiger partial charge in [0.2, 0.25) is 0 Å². The molecule has 0 atom stereocenters. The minimum absolute atomic E-state index is 0.0453. The third kappa shape index (κ3) is 4.15. The first kappa shape index (κ1) is 23.7. The van der Waals surface area contributed by atoms with E-state index in [1.54, 1.807) is 6.20 Å². The quantitative estimate of drug-likeness (QED) is 0.181. The van der Waals surface area contributed by atoms with E-state index in [0.29, 0.717) is 40.6 Å². The van der Waals surface area contributed by atoms with Gasteiger partial charge in [0.05, 0.1) is 12.3 Å².